The number of primary amides is 1. The molecule has 3 aromatic rings. The second kappa shape index (κ2) is 6.67. The summed E-state index contributed by atoms with van der Waals surface area (Å²) in [5, 5.41) is 11.1. The SMILES string of the molecule is Cc1cc(Nc2ncc(-c3nnc(C(C)(C)C)o3)c(N)n2)ccc1C(N)=O. The maximum atomic E-state index is 11.3. The molecule has 0 saturated carbocycles. The lowest BCUT2D eigenvalue weighted by atomic mass is 9.97. The molecule has 2 aromatic heterocycles. The van der Waals surface area contributed by atoms with E-state index in [9.17, 15) is 4.79 Å². The Bertz CT molecular complexity index is 1010. The number of carbonyl (C=O) groups excluding carboxylic acids is 1. The Morgan fingerprint density at radius 2 is 1.96 bits per heavy atom. The zero-order valence-electron chi connectivity index (χ0n) is 15.6. The number of anilines is 3. The first-order chi connectivity index (χ1) is 12.6. The highest BCUT2D eigenvalue weighted by Gasteiger charge is 2.23. The molecule has 9 heteroatoms. The lowest BCUT2D eigenvalue weighted by Crippen LogP contribution is -2.12. The standard InChI is InChI=1S/C18H21N7O2/c1-9-7-10(5-6-11(9)14(20)26)22-17-21-8-12(13(19)23-17)15-24-25-16(27-15)18(2,3)4/h5-8H,1-4H3,(H2,20,26)(H3,19,21,22,23). The maximum absolute atomic E-state index is 11.3. The van der Waals surface area contributed by atoms with Crippen molar-refractivity contribution >= 4 is 23.4 Å². The van der Waals surface area contributed by atoms with Crippen LogP contribution in [0.3, 0.4) is 0 Å². The smallest absolute Gasteiger partial charge is 0.253 e. The van der Waals surface area contributed by atoms with E-state index < -0.39 is 5.91 Å². The van der Waals surface area contributed by atoms with Gasteiger partial charge in [0.1, 0.15) is 5.82 Å². The van der Waals surface area contributed by atoms with Crippen molar-refractivity contribution in [3.8, 4) is 11.5 Å². The number of hydrogen-bond acceptors (Lipinski definition) is 8. The van der Waals surface area contributed by atoms with Crippen molar-refractivity contribution in [2.45, 2.75) is 33.1 Å². The van der Waals surface area contributed by atoms with Crippen molar-refractivity contribution in [1.82, 2.24) is 20.2 Å². The number of aromatic nitrogens is 4. The van der Waals surface area contributed by atoms with Gasteiger partial charge in [-0.3, -0.25) is 4.79 Å². The highest BCUT2D eigenvalue weighted by molar-refractivity contribution is 5.94. The van der Waals surface area contributed by atoms with Crippen LogP contribution >= 0.6 is 0 Å². The number of carbonyl (C=O) groups is 1. The number of amides is 1. The molecule has 0 spiro atoms. The number of aryl methyl sites for hydroxylation is 1. The van der Waals surface area contributed by atoms with Crippen LogP contribution in [-0.4, -0.2) is 26.1 Å². The molecule has 1 amide bonds. The minimum Gasteiger partial charge on any atom is -0.420 e. The molecule has 0 radical (unpaired) electrons. The number of nitrogens with one attached hydrogen (secondary N) is 1. The van der Waals surface area contributed by atoms with Crippen molar-refractivity contribution in [2.24, 2.45) is 5.73 Å². The van der Waals surface area contributed by atoms with E-state index in [0.29, 0.717) is 28.7 Å². The van der Waals surface area contributed by atoms with Crippen LogP contribution in [0, 0.1) is 6.92 Å². The van der Waals surface area contributed by atoms with Gasteiger partial charge in [0.2, 0.25) is 17.7 Å². The number of rotatable bonds is 4. The first-order valence-corrected chi connectivity index (χ1v) is 8.29. The third-order valence-electron chi connectivity index (χ3n) is 3.86. The highest BCUT2D eigenvalue weighted by atomic mass is 16.4. The predicted octanol–water partition coefficient (Wildman–Crippen LogP) is 2.56. The normalized spacial score (nSPS) is 11.4. The van der Waals surface area contributed by atoms with Crippen LogP contribution in [0.4, 0.5) is 17.5 Å². The summed E-state index contributed by atoms with van der Waals surface area (Å²) in [4.78, 5) is 19.8. The van der Waals surface area contributed by atoms with E-state index in [1.54, 1.807) is 25.1 Å². The lowest BCUT2D eigenvalue weighted by Gasteiger charge is -2.11. The molecule has 0 bridgehead atoms. The van der Waals surface area contributed by atoms with Crippen LogP contribution in [0.1, 0.15) is 42.6 Å². The van der Waals surface area contributed by atoms with E-state index in [2.05, 4.69) is 25.5 Å². The summed E-state index contributed by atoms with van der Waals surface area (Å²) in [6, 6.07) is 5.14. The molecule has 0 aliphatic rings. The molecule has 0 aliphatic heterocycles. The molecule has 5 N–H and O–H groups in total. The van der Waals surface area contributed by atoms with Gasteiger partial charge in [0.25, 0.3) is 5.89 Å². The fourth-order valence-electron chi connectivity index (χ4n) is 2.40. The van der Waals surface area contributed by atoms with E-state index in [4.69, 9.17) is 15.9 Å². The van der Waals surface area contributed by atoms with Crippen molar-refractivity contribution < 1.29 is 9.21 Å². The summed E-state index contributed by atoms with van der Waals surface area (Å²) in [7, 11) is 0. The molecule has 9 nitrogen and oxygen atoms in total. The van der Waals surface area contributed by atoms with Crippen LogP contribution in [0.5, 0.6) is 0 Å². The summed E-state index contributed by atoms with van der Waals surface area (Å²) >= 11 is 0. The first kappa shape index (κ1) is 18.3. The zero-order valence-corrected chi connectivity index (χ0v) is 15.6. The lowest BCUT2D eigenvalue weighted by molar-refractivity contribution is 0.0999. The quantitative estimate of drug-likeness (QED) is 0.637. The van der Waals surface area contributed by atoms with Gasteiger partial charge in [-0.05, 0) is 30.7 Å². The minimum absolute atomic E-state index is 0.210. The van der Waals surface area contributed by atoms with E-state index in [-0.39, 0.29) is 17.1 Å². The third-order valence-corrected chi connectivity index (χ3v) is 3.86. The van der Waals surface area contributed by atoms with Crippen molar-refractivity contribution in [3.63, 3.8) is 0 Å². The van der Waals surface area contributed by atoms with Crippen LogP contribution in [-0.2, 0) is 5.41 Å². The highest BCUT2D eigenvalue weighted by Crippen LogP contribution is 2.28. The summed E-state index contributed by atoms with van der Waals surface area (Å²) in [6.07, 6.45) is 1.52. The summed E-state index contributed by atoms with van der Waals surface area (Å²) in [5.74, 6) is 0.813. The molecule has 0 unspecified atom stereocenters. The Morgan fingerprint density at radius 3 is 2.52 bits per heavy atom. The average molecular weight is 367 g/mol. The maximum Gasteiger partial charge on any atom is 0.253 e. The Balaban J connectivity index is 1.84. The van der Waals surface area contributed by atoms with Gasteiger partial charge in [-0.1, -0.05) is 20.8 Å². The summed E-state index contributed by atoms with van der Waals surface area (Å²) < 4.78 is 5.68. The molecule has 1 aromatic carbocycles. The number of nitrogen functional groups attached to an aromatic ring is 1. The molecule has 0 aliphatic carbocycles. The molecule has 0 fully saturated rings. The third kappa shape index (κ3) is 3.86. The van der Waals surface area contributed by atoms with Crippen LogP contribution < -0.4 is 16.8 Å². The largest absolute Gasteiger partial charge is 0.420 e. The molecule has 140 valence electrons. The fourth-order valence-corrected chi connectivity index (χ4v) is 2.40. The van der Waals surface area contributed by atoms with Gasteiger partial charge in [0.15, 0.2) is 0 Å². The van der Waals surface area contributed by atoms with Gasteiger partial charge in [-0.2, -0.15) is 4.98 Å². The van der Waals surface area contributed by atoms with Gasteiger partial charge in [0, 0.05) is 22.9 Å². The molecule has 0 atom stereocenters. The fraction of sp³-hybridized carbons (Fsp3) is 0.278. The number of nitrogens with two attached hydrogens (primary N) is 2. The summed E-state index contributed by atoms with van der Waals surface area (Å²) in [5.41, 5.74) is 13.5. The number of nitrogens with zero attached hydrogens (tertiary/aromatic N) is 4. The Kier molecular flexibility index (Phi) is 4.52. The van der Waals surface area contributed by atoms with Gasteiger partial charge in [-0.15, -0.1) is 10.2 Å². The average Bonchev–Trinajstić information content (AvgIpc) is 3.04. The molecule has 3 rings (SSSR count). The number of benzene rings is 1. The molecule has 2 heterocycles. The first-order valence-electron chi connectivity index (χ1n) is 8.29. The van der Waals surface area contributed by atoms with E-state index in [1.807, 2.05) is 20.8 Å². The van der Waals surface area contributed by atoms with Crippen molar-refractivity contribution in [1.29, 1.82) is 0 Å². The Hall–Kier alpha value is -3.49. The monoisotopic (exact) mass is 367 g/mol. The summed E-state index contributed by atoms with van der Waals surface area (Å²) in [6.45, 7) is 7.72. The van der Waals surface area contributed by atoms with Crippen LogP contribution in [0.25, 0.3) is 11.5 Å². The van der Waals surface area contributed by atoms with E-state index >= 15 is 0 Å². The van der Waals surface area contributed by atoms with Gasteiger partial charge in [-0.25, -0.2) is 4.98 Å². The van der Waals surface area contributed by atoms with E-state index in [0.717, 1.165) is 5.56 Å². The minimum atomic E-state index is -0.474. The molecule has 0 saturated heterocycles. The van der Waals surface area contributed by atoms with Gasteiger partial charge < -0.3 is 21.2 Å². The second-order valence-electron chi connectivity index (χ2n) is 7.17. The Morgan fingerprint density at radius 1 is 1.22 bits per heavy atom. The van der Waals surface area contributed by atoms with Gasteiger partial charge >= 0.3 is 0 Å². The second-order valence-corrected chi connectivity index (χ2v) is 7.17. The van der Waals surface area contributed by atoms with Crippen LogP contribution in [0.2, 0.25) is 0 Å². The molecular weight excluding hydrogens is 346 g/mol. The Labute approximate surface area is 156 Å². The van der Waals surface area contributed by atoms with E-state index in [1.165, 1.54) is 6.20 Å². The number of hydrogen-bond donors (Lipinski definition) is 3. The predicted molar refractivity (Wildman–Crippen MR) is 101 cm³/mol. The zero-order chi connectivity index (χ0) is 19.8. The van der Waals surface area contributed by atoms with Crippen LogP contribution in [0.15, 0.2) is 28.8 Å². The van der Waals surface area contributed by atoms with Crippen molar-refractivity contribution in [3.05, 3.63) is 41.4 Å². The van der Waals surface area contributed by atoms with Gasteiger partial charge in [0.05, 0.1) is 5.56 Å². The molecular formula is C18H21N7O2. The van der Waals surface area contributed by atoms with Crippen molar-refractivity contribution in [2.75, 3.05) is 11.1 Å². The molecule has 27 heavy (non-hydrogen) atoms. The topological polar surface area (TPSA) is 146 Å².